The van der Waals surface area contributed by atoms with Gasteiger partial charge in [-0.15, -0.1) is 11.3 Å². The highest BCUT2D eigenvalue weighted by molar-refractivity contribution is 9.10. The lowest BCUT2D eigenvalue weighted by molar-refractivity contribution is -0.146. The highest BCUT2D eigenvalue weighted by atomic mass is 79.9. The van der Waals surface area contributed by atoms with E-state index in [-0.39, 0.29) is 6.42 Å². The lowest BCUT2D eigenvalue weighted by Crippen LogP contribution is -2.21. The van der Waals surface area contributed by atoms with Gasteiger partial charge in [-0.05, 0) is 22.0 Å². The summed E-state index contributed by atoms with van der Waals surface area (Å²) in [5.41, 5.74) is 0. The average Bonchev–Trinajstić information content (AvgIpc) is 2.31. The van der Waals surface area contributed by atoms with E-state index in [1.54, 1.807) is 6.07 Å². The molecular weight excluding hydrogens is 279 g/mol. The zero-order chi connectivity index (χ0) is 10.0. The van der Waals surface area contributed by atoms with E-state index in [9.17, 15) is 4.79 Å². The van der Waals surface area contributed by atoms with Gasteiger partial charge in [0.2, 0.25) is 0 Å². The second-order valence-corrected chi connectivity index (χ2v) is 4.99. The summed E-state index contributed by atoms with van der Waals surface area (Å²) in [6, 6.07) is 1.71. The summed E-state index contributed by atoms with van der Waals surface area (Å²) >= 11 is 10.2. The summed E-state index contributed by atoms with van der Waals surface area (Å²) in [4.78, 5) is 11.0. The van der Waals surface area contributed by atoms with E-state index < -0.39 is 12.1 Å². The normalized spacial score (nSPS) is 12.8. The topological polar surface area (TPSA) is 57.5 Å². The Morgan fingerprint density at radius 2 is 2.38 bits per heavy atom. The Hall–Kier alpha value is -0.100. The van der Waals surface area contributed by atoms with Crippen LogP contribution in [0.25, 0.3) is 0 Å². The van der Waals surface area contributed by atoms with Crippen LogP contribution in [-0.2, 0) is 11.2 Å². The van der Waals surface area contributed by atoms with Gasteiger partial charge in [-0.1, -0.05) is 11.6 Å². The molecule has 0 bridgehead atoms. The summed E-state index contributed by atoms with van der Waals surface area (Å²) in [6.45, 7) is 0. The summed E-state index contributed by atoms with van der Waals surface area (Å²) in [6.07, 6.45) is -1.27. The molecule has 0 aromatic carbocycles. The number of carboxylic acid groups (broad SMARTS) is 1. The van der Waals surface area contributed by atoms with Crippen molar-refractivity contribution >= 4 is 44.8 Å². The molecule has 0 fully saturated rings. The molecule has 6 heteroatoms. The number of hydrogen-bond acceptors (Lipinski definition) is 3. The minimum atomic E-state index is -1.36. The number of thiophene rings is 1. The SMILES string of the molecule is O=C(O)[C@H](O)Cc1cc(Br)c(Cl)s1. The molecule has 1 aromatic rings. The van der Waals surface area contributed by atoms with E-state index >= 15 is 0 Å². The van der Waals surface area contributed by atoms with E-state index in [1.165, 1.54) is 11.3 Å². The highest BCUT2D eigenvalue weighted by Gasteiger charge is 2.15. The van der Waals surface area contributed by atoms with Gasteiger partial charge >= 0.3 is 5.97 Å². The Morgan fingerprint density at radius 3 is 2.77 bits per heavy atom. The van der Waals surface area contributed by atoms with Crippen molar-refractivity contribution in [3.63, 3.8) is 0 Å². The molecule has 0 unspecified atom stereocenters. The molecule has 0 aliphatic heterocycles. The number of hydrogen-bond donors (Lipinski definition) is 2. The van der Waals surface area contributed by atoms with Crippen molar-refractivity contribution in [3.8, 4) is 0 Å². The van der Waals surface area contributed by atoms with Crippen molar-refractivity contribution in [2.24, 2.45) is 0 Å². The monoisotopic (exact) mass is 284 g/mol. The molecule has 1 aromatic heterocycles. The van der Waals surface area contributed by atoms with Crippen molar-refractivity contribution in [1.29, 1.82) is 0 Å². The van der Waals surface area contributed by atoms with Crippen LogP contribution in [-0.4, -0.2) is 22.3 Å². The van der Waals surface area contributed by atoms with E-state index in [4.69, 9.17) is 21.8 Å². The zero-order valence-corrected chi connectivity index (χ0v) is 9.49. The fourth-order valence-corrected chi connectivity index (χ4v) is 2.60. The van der Waals surface area contributed by atoms with Crippen LogP contribution >= 0.6 is 38.9 Å². The number of aliphatic hydroxyl groups excluding tert-OH is 1. The van der Waals surface area contributed by atoms with Gasteiger partial charge in [-0.3, -0.25) is 0 Å². The molecule has 2 N–H and O–H groups in total. The summed E-state index contributed by atoms with van der Waals surface area (Å²) in [7, 11) is 0. The van der Waals surface area contributed by atoms with Crippen LogP contribution in [0.2, 0.25) is 4.34 Å². The lowest BCUT2D eigenvalue weighted by Gasteiger charge is -2.01. The highest BCUT2D eigenvalue weighted by Crippen LogP contribution is 2.32. The molecule has 3 nitrogen and oxygen atoms in total. The smallest absolute Gasteiger partial charge is 0.332 e. The predicted octanol–water partition coefficient (Wildman–Crippen LogP) is 2.15. The molecule has 1 heterocycles. The first-order valence-corrected chi connectivity index (χ1v) is 5.34. The number of carboxylic acids is 1. The van der Waals surface area contributed by atoms with E-state index in [0.717, 1.165) is 9.35 Å². The van der Waals surface area contributed by atoms with Crippen molar-refractivity contribution in [3.05, 3.63) is 19.8 Å². The van der Waals surface area contributed by atoms with Crippen LogP contribution in [0.1, 0.15) is 4.88 Å². The van der Waals surface area contributed by atoms with Crippen LogP contribution in [0.15, 0.2) is 10.5 Å². The zero-order valence-electron chi connectivity index (χ0n) is 6.33. The standard InChI is InChI=1S/C7H6BrClO3S/c8-4-1-3(13-6(4)9)2-5(10)7(11)12/h1,5,10H,2H2,(H,11,12)/t5-/m1/s1. The van der Waals surface area contributed by atoms with Gasteiger partial charge in [0.25, 0.3) is 0 Å². The maximum absolute atomic E-state index is 10.3. The van der Waals surface area contributed by atoms with Gasteiger partial charge in [0.1, 0.15) is 4.34 Å². The number of rotatable bonds is 3. The number of aliphatic hydroxyl groups is 1. The summed E-state index contributed by atoms with van der Waals surface area (Å²) in [5.74, 6) is -1.22. The van der Waals surface area contributed by atoms with Gasteiger partial charge in [-0.2, -0.15) is 0 Å². The fourth-order valence-electron chi connectivity index (χ4n) is 0.770. The van der Waals surface area contributed by atoms with Crippen molar-refractivity contribution < 1.29 is 15.0 Å². The molecule has 13 heavy (non-hydrogen) atoms. The lowest BCUT2D eigenvalue weighted by atomic mass is 10.2. The third-order valence-corrected chi connectivity index (χ3v) is 3.87. The van der Waals surface area contributed by atoms with E-state index in [2.05, 4.69) is 15.9 Å². The minimum Gasteiger partial charge on any atom is -0.479 e. The molecule has 0 amide bonds. The third kappa shape index (κ3) is 2.95. The molecule has 0 spiro atoms. The van der Waals surface area contributed by atoms with Gasteiger partial charge < -0.3 is 10.2 Å². The quantitative estimate of drug-likeness (QED) is 0.895. The number of halogens is 2. The maximum atomic E-state index is 10.3. The molecule has 0 saturated carbocycles. The Bertz CT molecular complexity index is 306. The fraction of sp³-hybridized carbons (Fsp3) is 0.286. The van der Waals surface area contributed by atoms with Crippen LogP contribution in [0.3, 0.4) is 0 Å². The molecule has 0 aliphatic rings. The first-order valence-electron chi connectivity index (χ1n) is 3.35. The molecular formula is C7H6BrClO3S. The first-order chi connectivity index (χ1) is 6.00. The van der Waals surface area contributed by atoms with Crippen molar-refractivity contribution in [1.82, 2.24) is 0 Å². The maximum Gasteiger partial charge on any atom is 0.332 e. The Balaban J connectivity index is 2.69. The van der Waals surface area contributed by atoms with Gasteiger partial charge in [0.15, 0.2) is 6.10 Å². The van der Waals surface area contributed by atoms with Crippen LogP contribution < -0.4 is 0 Å². The number of aliphatic carboxylic acids is 1. The van der Waals surface area contributed by atoms with Gasteiger partial charge in [0.05, 0.1) is 0 Å². The van der Waals surface area contributed by atoms with Crippen LogP contribution in [0.5, 0.6) is 0 Å². The minimum absolute atomic E-state index is 0.0886. The molecule has 1 atom stereocenters. The first kappa shape index (κ1) is 11.0. The Morgan fingerprint density at radius 1 is 1.77 bits per heavy atom. The van der Waals surface area contributed by atoms with Gasteiger partial charge in [0, 0.05) is 15.8 Å². The predicted molar refractivity (Wildman–Crippen MR) is 54.4 cm³/mol. The Labute approximate surface area is 92.1 Å². The van der Waals surface area contributed by atoms with Crippen LogP contribution in [0, 0.1) is 0 Å². The summed E-state index contributed by atoms with van der Waals surface area (Å²) in [5, 5.41) is 17.5. The van der Waals surface area contributed by atoms with Crippen molar-refractivity contribution in [2.45, 2.75) is 12.5 Å². The second-order valence-electron chi connectivity index (χ2n) is 2.39. The molecule has 0 saturated heterocycles. The van der Waals surface area contributed by atoms with E-state index in [0.29, 0.717) is 4.34 Å². The van der Waals surface area contributed by atoms with Crippen molar-refractivity contribution in [2.75, 3.05) is 0 Å². The molecule has 1 rings (SSSR count). The number of carbonyl (C=O) groups is 1. The third-order valence-electron chi connectivity index (χ3n) is 1.38. The molecule has 0 radical (unpaired) electrons. The summed E-state index contributed by atoms with van der Waals surface area (Å²) < 4.78 is 1.29. The average molecular weight is 286 g/mol. The molecule has 72 valence electrons. The Kier molecular flexibility index (Phi) is 3.73. The molecule has 0 aliphatic carbocycles. The van der Waals surface area contributed by atoms with Gasteiger partial charge in [-0.25, -0.2) is 4.79 Å². The largest absolute Gasteiger partial charge is 0.479 e. The second kappa shape index (κ2) is 4.41. The van der Waals surface area contributed by atoms with E-state index in [1.807, 2.05) is 0 Å². The van der Waals surface area contributed by atoms with Crippen LogP contribution in [0.4, 0.5) is 0 Å².